The second kappa shape index (κ2) is 5.52. The SMILES string of the molecule is CC(C)(C(=O)Nc1c(F)cc(Br)cc1F)C(N)=NO. The fourth-order valence-electron chi connectivity index (χ4n) is 1.17. The van der Waals surface area contributed by atoms with Crippen LogP contribution >= 0.6 is 15.9 Å². The van der Waals surface area contributed by atoms with Crippen molar-refractivity contribution in [1.29, 1.82) is 0 Å². The predicted octanol–water partition coefficient (Wildman–Crippen LogP) is 2.44. The van der Waals surface area contributed by atoms with Gasteiger partial charge in [-0.3, -0.25) is 4.79 Å². The van der Waals surface area contributed by atoms with Gasteiger partial charge in [0.15, 0.2) is 17.5 Å². The Morgan fingerprint density at radius 2 is 1.89 bits per heavy atom. The summed E-state index contributed by atoms with van der Waals surface area (Å²) >= 11 is 2.92. The van der Waals surface area contributed by atoms with E-state index >= 15 is 0 Å². The van der Waals surface area contributed by atoms with Crippen LogP contribution in [0, 0.1) is 17.0 Å². The summed E-state index contributed by atoms with van der Waals surface area (Å²) in [6.07, 6.45) is 0. The van der Waals surface area contributed by atoms with Gasteiger partial charge in [-0.1, -0.05) is 21.1 Å². The van der Waals surface area contributed by atoms with E-state index in [-0.39, 0.29) is 10.3 Å². The minimum atomic E-state index is -1.42. The number of benzene rings is 1. The highest BCUT2D eigenvalue weighted by molar-refractivity contribution is 9.10. The van der Waals surface area contributed by atoms with Crippen molar-refractivity contribution in [2.45, 2.75) is 13.8 Å². The van der Waals surface area contributed by atoms with Crippen LogP contribution in [0.5, 0.6) is 0 Å². The van der Waals surface area contributed by atoms with Crippen molar-refractivity contribution < 1.29 is 18.8 Å². The third kappa shape index (κ3) is 3.19. The molecule has 0 saturated carbocycles. The minimum Gasteiger partial charge on any atom is -0.409 e. The van der Waals surface area contributed by atoms with Crippen LogP contribution in [0.3, 0.4) is 0 Å². The number of oxime groups is 1. The minimum absolute atomic E-state index is 0.205. The Balaban J connectivity index is 3.08. The molecule has 0 aliphatic heterocycles. The molecule has 0 bridgehead atoms. The number of nitrogens with two attached hydrogens (primary N) is 1. The highest BCUT2D eigenvalue weighted by Crippen LogP contribution is 2.26. The van der Waals surface area contributed by atoms with Gasteiger partial charge in [-0.2, -0.15) is 0 Å². The van der Waals surface area contributed by atoms with Crippen LogP contribution in [-0.2, 0) is 4.79 Å². The molecule has 0 aliphatic carbocycles. The highest BCUT2D eigenvalue weighted by atomic mass is 79.9. The highest BCUT2D eigenvalue weighted by Gasteiger charge is 2.33. The molecule has 0 aromatic heterocycles. The van der Waals surface area contributed by atoms with Crippen LogP contribution in [0.15, 0.2) is 21.8 Å². The van der Waals surface area contributed by atoms with Crippen molar-refractivity contribution in [3.8, 4) is 0 Å². The number of hydrogen-bond acceptors (Lipinski definition) is 3. The molecule has 4 N–H and O–H groups in total. The molecule has 19 heavy (non-hydrogen) atoms. The summed E-state index contributed by atoms with van der Waals surface area (Å²) in [5.41, 5.74) is 3.34. The summed E-state index contributed by atoms with van der Waals surface area (Å²) in [6, 6.07) is 2.02. The van der Waals surface area contributed by atoms with Crippen LogP contribution < -0.4 is 11.1 Å². The summed E-state index contributed by atoms with van der Waals surface area (Å²) < 4.78 is 27.3. The molecule has 0 saturated heterocycles. The van der Waals surface area contributed by atoms with Gasteiger partial charge in [0.25, 0.3) is 0 Å². The van der Waals surface area contributed by atoms with Gasteiger partial charge in [-0.25, -0.2) is 8.78 Å². The first-order chi connectivity index (χ1) is 8.70. The normalized spacial score (nSPS) is 12.4. The zero-order chi connectivity index (χ0) is 14.8. The van der Waals surface area contributed by atoms with Crippen LogP contribution in [-0.4, -0.2) is 17.0 Å². The van der Waals surface area contributed by atoms with E-state index < -0.39 is 28.6 Å². The number of anilines is 1. The van der Waals surface area contributed by atoms with Crippen molar-refractivity contribution in [3.05, 3.63) is 28.2 Å². The van der Waals surface area contributed by atoms with Gasteiger partial charge in [0.1, 0.15) is 11.1 Å². The summed E-state index contributed by atoms with van der Waals surface area (Å²) in [6.45, 7) is 2.71. The third-order valence-corrected chi connectivity index (χ3v) is 3.02. The van der Waals surface area contributed by atoms with E-state index in [4.69, 9.17) is 10.9 Å². The topological polar surface area (TPSA) is 87.7 Å². The van der Waals surface area contributed by atoms with Crippen molar-refractivity contribution in [2.75, 3.05) is 5.32 Å². The van der Waals surface area contributed by atoms with E-state index in [1.807, 2.05) is 0 Å². The first kappa shape index (κ1) is 15.4. The van der Waals surface area contributed by atoms with Gasteiger partial charge in [0, 0.05) is 4.47 Å². The molecule has 0 unspecified atom stereocenters. The number of amides is 1. The fourth-order valence-corrected chi connectivity index (χ4v) is 1.57. The maximum atomic E-state index is 13.5. The number of carbonyl (C=O) groups excluding carboxylic acids is 1. The van der Waals surface area contributed by atoms with Crippen LogP contribution in [0.4, 0.5) is 14.5 Å². The smallest absolute Gasteiger partial charge is 0.237 e. The van der Waals surface area contributed by atoms with Gasteiger partial charge in [0.05, 0.1) is 0 Å². The van der Waals surface area contributed by atoms with Crippen molar-refractivity contribution in [2.24, 2.45) is 16.3 Å². The van der Waals surface area contributed by atoms with Crippen molar-refractivity contribution >= 4 is 33.4 Å². The molecule has 0 heterocycles. The van der Waals surface area contributed by atoms with E-state index in [1.165, 1.54) is 13.8 Å². The number of nitrogens with zero attached hydrogens (tertiary/aromatic N) is 1. The summed E-state index contributed by atoms with van der Waals surface area (Å²) in [5.74, 6) is -3.04. The number of carbonyl (C=O) groups is 1. The molecule has 1 amide bonds. The third-order valence-electron chi connectivity index (χ3n) is 2.56. The molecule has 0 fully saturated rings. The number of rotatable bonds is 3. The molecular formula is C11H12BrF2N3O2. The first-order valence-corrected chi connectivity index (χ1v) is 5.93. The van der Waals surface area contributed by atoms with Gasteiger partial charge < -0.3 is 16.3 Å². The van der Waals surface area contributed by atoms with Crippen molar-refractivity contribution in [1.82, 2.24) is 0 Å². The Bertz CT molecular complexity index is 524. The first-order valence-electron chi connectivity index (χ1n) is 5.14. The Labute approximate surface area is 116 Å². The lowest BCUT2D eigenvalue weighted by Gasteiger charge is -2.22. The van der Waals surface area contributed by atoms with Gasteiger partial charge in [-0.15, -0.1) is 0 Å². The van der Waals surface area contributed by atoms with E-state index in [2.05, 4.69) is 26.4 Å². The molecule has 0 atom stereocenters. The lowest BCUT2D eigenvalue weighted by Crippen LogP contribution is -2.42. The van der Waals surface area contributed by atoms with Gasteiger partial charge in [-0.05, 0) is 26.0 Å². The summed E-state index contributed by atoms with van der Waals surface area (Å²) in [7, 11) is 0. The largest absolute Gasteiger partial charge is 0.409 e. The Morgan fingerprint density at radius 1 is 1.42 bits per heavy atom. The maximum Gasteiger partial charge on any atom is 0.237 e. The zero-order valence-corrected chi connectivity index (χ0v) is 11.8. The molecule has 5 nitrogen and oxygen atoms in total. The van der Waals surface area contributed by atoms with E-state index in [0.717, 1.165) is 12.1 Å². The van der Waals surface area contributed by atoms with Gasteiger partial charge >= 0.3 is 0 Å². The molecule has 0 radical (unpaired) electrons. The Kier molecular flexibility index (Phi) is 4.46. The number of amidine groups is 1. The van der Waals surface area contributed by atoms with Crippen LogP contribution in [0.1, 0.15) is 13.8 Å². The monoisotopic (exact) mass is 335 g/mol. The standard InChI is InChI=1S/C11H12BrF2N3O2/c1-11(2,9(15)17-19)10(18)16-8-6(13)3-5(12)4-7(8)14/h3-4,19H,1-2H3,(H2,15,17)(H,16,18). The molecular weight excluding hydrogens is 324 g/mol. The average Bonchev–Trinajstić information content (AvgIpc) is 2.31. The molecule has 1 rings (SSSR count). The van der Waals surface area contributed by atoms with E-state index in [1.54, 1.807) is 0 Å². The van der Waals surface area contributed by atoms with Crippen LogP contribution in [0.25, 0.3) is 0 Å². The van der Waals surface area contributed by atoms with E-state index in [0.29, 0.717) is 0 Å². The Morgan fingerprint density at radius 3 is 2.32 bits per heavy atom. The molecule has 0 aliphatic rings. The molecule has 1 aromatic carbocycles. The van der Waals surface area contributed by atoms with Crippen molar-refractivity contribution in [3.63, 3.8) is 0 Å². The van der Waals surface area contributed by atoms with E-state index in [9.17, 15) is 13.6 Å². The molecule has 1 aromatic rings. The molecule has 104 valence electrons. The Hall–Kier alpha value is -1.70. The number of nitrogens with one attached hydrogen (secondary N) is 1. The second-order valence-corrected chi connectivity index (χ2v) is 5.22. The summed E-state index contributed by atoms with van der Waals surface area (Å²) in [5, 5.41) is 13.4. The quantitative estimate of drug-likeness (QED) is 0.343. The number of hydrogen-bond donors (Lipinski definition) is 3. The summed E-state index contributed by atoms with van der Waals surface area (Å²) in [4.78, 5) is 11.9. The maximum absolute atomic E-state index is 13.5. The average molecular weight is 336 g/mol. The zero-order valence-electron chi connectivity index (χ0n) is 10.2. The fraction of sp³-hybridized carbons (Fsp3) is 0.273. The van der Waals surface area contributed by atoms with Gasteiger partial charge in [0.2, 0.25) is 5.91 Å². The number of halogens is 3. The molecule has 8 heteroatoms. The van der Waals surface area contributed by atoms with Crippen LogP contribution in [0.2, 0.25) is 0 Å². The lowest BCUT2D eigenvalue weighted by atomic mass is 9.91. The molecule has 0 spiro atoms. The second-order valence-electron chi connectivity index (χ2n) is 4.31. The predicted molar refractivity (Wildman–Crippen MR) is 69.9 cm³/mol. The lowest BCUT2D eigenvalue weighted by molar-refractivity contribution is -0.121.